The number of hydrogen-bond donors (Lipinski definition) is 2. The third-order valence-corrected chi connectivity index (χ3v) is 3.40. The Morgan fingerprint density at radius 1 is 1.42 bits per heavy atom. The SMILES string of the molecule is NC1CCN(c2n[nH]c(CCc3cccnc3)n2)C1. The first kappa shape index (κ1) is 12.1. The highest BCUT2D eigenvalue weighted by Gasteiger charge is 2.22. The molecule has 0 radical (unpaired) electrons. The molecule has 1 unspecified atom stereocenters. The molecule has 0 amide bonds. The number of aromatic amines is 1. The first-order valence-electron chi connectivity index (χ1n) is 6.62. The molecule has 1 aliphatic rings. The normalized spacial score (nSPS) is 19.0. The van der Waals surface area contributed by atoms with E-state index in [4.69, 9.17) is 5.73 Å². The zero-order valence-electron chi connectivity index (χ0n) is 10.8. The van der Waals surface area contributed by atoms with Gasteiger partial charge in [0.2, 0.25) is 5.95 Å². The van der Waals surface area contributed by atoms with Crippen LogP contribution < -0.4 is 10.6 Å². The molecule has 6 heteroatoms. The van der Waals surface area contributed by atoms with Gasteiger partial charge in [0.25, 0.3) is 0 Å². The van der Waals surface area contributed by atoms with Crippen LogP contribution in [0.1, 0.15) is 17.8 Å². The van der Waals surface area contributed by atoms with Crippen molar-refractivity contribution in [1.29, 1.82) is 0 Å². The van der Waals surface area contributed by atoms with Crippen molar-refractivity contribution in [3.63, 3.8) is 0 Å². The fraction of sp³-hybridized carbons (Fsp3) is 0.462. The molecule has 1 saturated heterocycles. The highest BCUT2D eigenvalue weighted by atomic mass is 15.4. The number of aromatic nitrogens is 4. The molecule has 6 nitrogen and oxygen atoms in total. The molecule has 2 aromatic rings. The van der Waals surface area contributed by atoms with Crippen molar-refractivity contribution in [3.8, 4) is 0 Å². The highest BCUT2D eigenvalue weighted by molar-refractivity contribution is 5.31. The number of nitrogens with one attached hydrogen (secondary N) is 1. The second kappa shape index (κ2) is 5.36. The van der Waals surface area contributed by atoms with Crippen LogP contribution in [0.5, 0.6) is 0 Å². The van der Waals surface area contributed by atoms with E-state index < -0.39 is 0 Å². The number of rotatable bonds is 4. The average molecular weight is 258 g/mol. The predicted molar refractivity (Wildman–Crippen MR) is 72.8 cm³/mol. The van der Waals surface area contributed by atoms with Gasteiger partial charge < -0.3 is 10.6 Å². The van der Waals surface area contributed by atoms with Crippen molar-refractivity contribution in [1.82, 2.24) is 20.2 Å². The van der Waals surface area contributed by atoms with E-state index >= 15 is 0 Å². The van der Waals surface area contributed by atoms with Crippen molar-refractivity contribution in [2.24, 2.45) is 5.73 Å². The Labute approximate surface area is 112 Å². The third kappa shape index (κ3) is 2.90. The largest absolute Gasteiger partial charge is 0.338 e. The van der Waals surface area contributed by atoms with Gasteiger partial charge in [0.15, 0.2) is 0 Å². The van der Waals surface area contributed by atoms with E-state index in [9.17, 15) is 0 Å². The minimum Gasteiger partial charge on any atom is -0.338 e. The number of pyridine rings is 1. The van der Waals surface area contributed by atoms with Gasteiger partial charge in [-0.3, -0.25) is 10.1 Å². The molecule has 0 saturated carbocycles. The smallest absolute Gasteiger partial charge is 0.244 e. The van der Waals surface area contributed by atoms with Gasteiger partial charge in [0.1, 0.15) is 5.82 Å². The number of nitrogens with zero attached hydrogens (tertiary/aromatic N) is 4. The minimum absolute atomic E-state index is 0.248. The van der Waals surface area contributed by atoms with Gasteiger partial charge >= 0.3 is 0 Å². The van der Waals surface area contributed by atoms with Gasteiger partial charge in [-0.1, -0.05) is 6.07 Å². The molecular weight excluding hydrogens is 240 g/mol. The monoisotopic (exact) mass is 258 g/mol. The maximum Gasteiger partial charge on any atom is 0.244 e. The van der Waals surface area contributed by atoms with Gasteiger partial charge in [0, 0.05) is 37.9 Å². The number of nitrogens with two attached hydrogens (primary N) is 1. The fourth-order valence-electron chi connectivity index (χ4n) is 2.32. The molecule has 0 bridgehead atoms. The summed E-state index contributed by atoms with van der Waals surface area (Å²) in [6.45, 7) is 1.79. The second-order valence-corrected chi connectivity index (χ2v) is 4.94. The quantitative estimate of drug-likeness (QED) is 0.835. The Bertz CT molecular complexity index is 523. The Morgan fingerprint density at radius 3 is 3.11 bits per heavy atom. The first-order chi connectivity index (χ1) is 9.31. The second-order valence-electron chi connectivity index (χ2n) is 4.94. The summed E-state index contributed by atoms with van der Waals surface area (Å²) in [7, 11) is 0. The molecule has 1 fully saturated rings. The van der Waals surface area contributed by atoms with E-state index in [2.05, 4.69) is 31.1 Å². The summed E-state index contributed by atoms with van der Waals surface area (Å²) in [5.41, 5.74) is 7.10. The Kier molecular flexibility index (Phi) is 3.41. The zero-order chi connectivity index (χ0) is 13.1. The number of H-pyrrole nitrogens is 1. The molecule has 1 aliphatic heterocycles. The predicted octanol–water partition coefficient (Wildman–Crippen LogP) is 0.522. The van der Waals surface area contributed by atoms with E-state index in [1.54, 1.807) is 6.20 Å². The van der Waals surface area contributed by atoms with Crippen molar-refractivity contribution in [3.05, 3.63) is 35.9 Å². The van der Waals surface area contributed by atoms with Crippen molar-refractivity contribution >= 4 is 5.95 Å². The summed E-state index contributed by atoms with van der Waals surface area (Å²) in [5, 5.41) is 7.27. The van der Waals surface area contributed by atoms with Crippen LogP contribution in [0.25, 0.3) is 0 Å². The van der Waals surface area contributed by atoms with E-state index in [1.807, 2.05) is 12.3 Å². The standard InChI is InChI=1S/C13H18N6/c14-11-5-7-19(9-11)13-16-12(17-18-13)4-3-10-2-1-6-15-8-10/h1-2,6,8,11H,3-5,7,9,14H2,(H,16,17,18). The minimum atomic E-state index is 0.248. The average Bonchev–Trinajstić information content (AvgIpc) is 3.06. The highest BCUT2D eigenvalue weighted by Crippen LogP contribution is 2.15. The molecule has 0 aromatic carbocycles. The lowest BCUT2D eigenvalue weighted by Crippen LogP contribution is -2.27. The molecule has 3 rings (SSSR count). The molecule has 1 atom stereocenters. The molecule has 0 aliphatic carbocycles. The topological polar surface area (TPSA) is 83.7 Å². The van der Waals surface area contributed by atoms with E-state index in [1.165, 1.54) is 5.56 Å². The van der Waals surface area contributed by atoms with Gasteiger partial charge in [0.05, 0.1) is 0 Å². The van der Waals surface area contributed by atoms with E-state index in [0.717, 1.165) is 44.1 Å². The molecule has 0 spiro atoms. The molecule has 19 heavy (non-hydrogen) atoms. The molecular formula is C13H18N6. The van der Waals surface area contributed by atoms with Crippen LogP contribution in [0, 0.1) is 0 Å². The lowest BCUT2D eigenvalue weighted by molar-refractivity contribution is 0.750. The van der Waals surface area contributed by atoms with Gasteiger partial charge in [-0.15, -0.1) is 5.10 Å². The van der Waals surface area contributed by atoms with Gasteiger partial charge in [-0.05, 0) is 24.5 Å². The number of aryl methyl sites for hydroxylation is 2. The molecule has 100 valence electrons. The Balaban J connectivity index is 1.59. The van der Waals surface area contributed by atoms with Crippen LogP contribution in [0.15, 0.2) is 24.5 Å². The van der Waals surface area contributed by atoms with Crippen LogP contribution in [0.4, 0.5) is 5.95 Å². The zero-order valence-corrected chi connectivity index (χ0v) is 10.8. The van der Waals surface area contributed by atoms with Gasteiger partial charge in [-0.2, -0.15) is 4.98 Å². The lowest BCUT2D eigenvalue weighted by atomic mass is 10.1. The molecule has 3 heterocycles. The van der Waals surface area contributed by atoms with Crippen LogP contribution >= 0.6 is 0 Å². The molecule has 3 N–H and O–H groups in total. The van der Waals surface area contributed by atoms with E-state index in [-0.39, 0.29) is 6.04 Å². The van der Waals surface area contributed by atoms with Crippen LogP contribution in [-0.4, -0.2) is 39.3 Å². The first-order valence-corrected chi connectivity index (χ1v) is 6.62. The summed E-state index contributed by atoms with van der Waals surface area (Å²) in [4.78, 5) is 10.8. The summed E-state index contributed by atoms with van der Waals surface area (Å²) >= 11 is 0. The Morgan fingerprint density at radius 2 is 2.37 bits per heavy atom. The summed E-state index contributed by atoms with van der Waals surface area (Å²) in [6, 6.07) is 4.27. The van der Waals surface area contributed by atoms with Crippen LogP contribution in [-0.2, 0) is 12.8 Å². The van der Waals surface area contributed by atoms with Crippen molar-refractivity contribution in [2.45, 2.75) is 25.3 Å². The van der Waals surface area contributed by atoms with Crippen LogP contribution in [0.3, 0.4) is 0 Å². The lowest BCUT2D eigenvalue weighted by Gasteiger charge is -2.11. The van der Waals surface area contributed by atoms with Gasteiger partial charge in [-0.25, -0.2) is 0 Å². The van der Waals surface area contributed by atoms with Crippen molar-refractivity contribution < 1.29 is 0 Å². The maximum absolute atomic E-state index is 5.89. The Hall–Kier alpha value is -1.95. The number of anilines is 1. The van der Waals surface area contributed by atoms with Crippen LogP contribution in [0.2, 0.25) is 0 Å². The number of hydrogen-bond acceptors (Lipinski definition) is 5. The van der Waals surface area contributed by atoms with E-state index in [0.29, 0.717) is 0 Å². The maximum atomic E-state index is 5.89. The summed E-state index contributed by atoms with van der Waals surface area (Å²) in [5.74, 6) is 1.69. The fourth-order valence-corrected chi connectivity index (χ4v) is 2.32. The summed E-state index contributed by atoms with van der Waals surface area (Å²) < 4.78 is 0. The van der Waals surface area contributed by atoms with Crippen molar-refractivity contribution in [2.75, 3.05) is 18.0 Å². The molecule has 2 aromatic heterocycles. The summed E-state index contributed by atoms with van der Waals surface area (Å²) in [6.07, 6.45) is 6.45. The third-order valence-electron chi connectivity index (χ3n) is 3.40.